The molecule has 1 heterocycles. The van der Waals surface area contributed by atoms with Gasteiger partial charge in [-0.3, -0.25) is 0 Å². The summed E-state index contributed by atoms with van der Waals surface area (Å²) in [4.78, 5) is 0. The third-order valence-corrected chi connectivity index (χ3v) is 3.97. The Morgan fingerprint density at radius 2 is 1.87 bits per heavy atom. The second-order valence-electron chi connectivity index (χ2n) is 5.69. The van der Waals surface area contributed by atoms with Crippen LogP contribution in [-0.4, -0.2) is 22.1 Å². The molecule has 0 N–H and O–H groups in total. The molecule has 0 saturated carbocycles. The number of aryl methyl sites for hydroxylation is 3. The molecule has 0 amide bonds. The summed E-state index contributed by atoms with van der Waals surface area (Å²) in [6.45, 7) is 2.87. The van der Waals surface area contributed by atoms with Crippen molar-refractivity contribution in [2.75, 3.05) is 7.11 Å². The molecule has 0 bridgehead atoms. The summed E-state index contributed by atoms with van der Waals surface area (Å²) in [5, 5.41) is 8.50. The van der Waals surface area contributed by atoms with Gasteiger partial charge in [-0.15, -0.1) is 5.10 Å². The van der Waals surface area contributed by atoms with E-state index in [9.17, 15) is 0 Å². The lowest BCUT2D eigenvalue weighted by Gasteiger charge is -2.07. The Balaban J connectivity index is 1.61. The molecule has 118 valence electrons. The molecule has 0 aliphatic carbocycles. The van der Waals surface area contributed by atoms with Crippen LogP contribution in [0.2, 0.25) is 0 Å². The first-order chi connectivity index (χ1) is 11.2. The number of nitrogens with zero attached hydrogens (tertiary/aromatic N) is 3. The van der Waals surface area contributed by atoms with Gasteiger partial charge in [-0.25, -0.2) is 4.68 Å². The molecule has 0 fully saturated rings. The first kappa shape index (κ1) is 15.3. The fourth-order valence-corrected chi connectivity index (χ4v) is 2.64. The van der Waals surface area contributed by atoms with Crippen molar-refractivity contribution in [1.82, 2.24) is 15.0 Å². The molecule has 0 aliphatic rings. The highest BCUT2D eigenvalue weighted by molar-refractivity contribution is 5.35. The van der Waals surface area contributed by atoms with Crippen LogP contribution in [0, 0.1) is 6.92 Å². The van der Waals surface area contributed by atoms with Crippen LogP contribution in [-0.2, 0) is 19.4 Å². The van der Waals surface area contributed by atoms with Gasteiger partial charge in [-0.1, -0.05) is 41.6 Å². The van der Waals surface area contributed by atoms with Crippen LogP contribution in [0.5, 0.6) is 5.75 Å². The average Bonchev–Trinajstić information content (AvgIpc) is 3.02. The molecule has 3 aromatic rings. The van der Waals surface area contributed by atoms with Crippen molar-refractivity contribution in [3.8, 4) is 5.75 Å². The summed E-state index contributed by atoms with van der Waals surface area (Å²) in [7, 11) is 1.69. The lowest BCUT2D eigenvalue weighted by atomic mass is 10.0. The van der Waals surface area contributed by atoms with E-state index in [1.165, 1.54) is 16.7 Å². The Labute approximate surface area is 136 Å². The first-order valence-electron chi connectivity index (χ1n) is 7.81. The van der Waals surface area contributed by atoms with Gasteiger partial charge in [-0.05, 0) is 48.6 Å². The summed E-state index contributed by atoms with van der Waals surface area (Å²) in [6, 6.07) is 16.5. The Hall–Kier alpha value is -2.62. The van der Waals surface area contributed by atoms with Crippen molar-refractivity contribution in [2.45, 2.75) is 26.3 Å². The number of ether oxygens (including phenoxy) is 1. The summed E-state index contributed by atoms with van der Waals surface area (Å²) in [6.07, 6.45) is 3.88. The van der Waals surface area contributed by atoms with E-state index in [1.54, 1.807) is 7.11 Å². The Morgan fingerprint density at radius 1 is 1.04 bits per heavy atom. The molecule has 4 nitrogen and oxygen atoms in total. The van der Waals surface area contributed by atoms with E-state index in [0.29, 0.717) is 0 Å². The summed E-state index contributed by atoms with van der Waals surface area (Å²) < 4.78 is 7.14. The summed E-state index contributed by atoms with van der Waals surface area (Å²) in [5.41, 5.74) is 4.83. The molecule has 3 rings (SSSR count). The quantitative estimate of drug-likeness (QED) is 0.700. The topological polar surface area (TPSA) is 39.9 Å². The molecule has 0 unspecified atom stereocenters. The molecular weight excluding hydrogens is 286 g/mol. The standard InChI is InChI=1S/C19H21N3O/c1-15-12-19(23-2)11-9-17(15)8-10-18-14-22(21-20-18)13-16-6-4-3-5-7-16/h3-7,9,11-12,14H,8,10,13H2,1-2H3. The highest BCUT2D eigenvalue weighted by Gasteiger charge is 2.05. The van der Waals surface area contributed by atoms with Crippen LogP contribution in [0.4, 0.5) is 0 Å². The van der Waals surface area contributed by atoms with Gasteiger partial charge in [0, 0.05) is 6.20 Å². The number of rotatable bonds is 6. The predicted octanol–water partition coefficient (Wildman–Crippen LogP) is 3.43. The monoisotopic (exact) mass is 307 g/mol. The largest absolute Gasteiger partial charge is 0.497 e. The highest BCUT2D eigenvalue weighted by Crippen LogP contribution is 2.18. The van der Waals surface area contributed by atoms with Crippen LogP contribution in [0.3, 0.4) is 0 Å². The first-order valence-corrected chi connectivity index (χ1v) is 7.81. The van der Waals surface area contributed by atoms with Gasteiger partial charge in [0.25, 0.3) is 0 Å². The SMILES string of the molecule is COc1ccc(CCc2cn(Cc3ccccc3)nn2)c(C)c1. The van der Waals surface area contributed by atoms with Crippen molar-refractivity contribution >= 4 is 0 Å². The molecule has 0 saturated heterocycles. The van der Waals surface area contributed by atoms with Crippen molar-refractivity contribution in [2.24, 2.45) is 0 Å². The van der Waals surface area contributed by atoms with Crippen molar-refractivity contribution in [3.05, 3.63) is 77.1 Å². The van der Waals surface area contributed by atoms with E-state index < -0.39 is 0 Å². The average molecular weight is 307 g/mol. The molecule has 0 radical (unpaired) electrons. The van der Waals surface area contributed by atoms with Crippen molar-refractivity contribution in [1.29, 1.82) is 0 Å². The Kier molecular flexibility index (Phi) is 4.71. The second kappa shape index (κ2) is 7.09. The van der Waals surface area contributed by atoms with Gasteiger partial charge >= 0.3 is 0 Å². The van der Waals surface area contributed by atoms with Crippen LogP contribution < -0.4 is 4.74 Å². The molecule has 1 aromatic heterocycles. The van der Waals surface area contributed by atoms with Crippen LogP contribution >= 0.6 is 0 Å². The maximum absolute atomic E-state index is 5.25. The minimum Gasteiger partial charge on any atom is -0.497 e. The zero-order valence-electron chi connectivity index (χ0n) is 13.6. The Morgan fingerprint density at radius 3 is 2.61 bits per heavy atom. The Bertz CT molecular complexity index is 765. The number of hydrogen-bond acceptors (Lipinski definition) is 3. The van der Waals surface area contributed by atoms with E-state index in [2.05, 4.69) is 41.5 Å². The molecule has 0 atom stereocenters. The third-order valence-electron chi connectivity index (χ3n) is 3.97. The highest BCUT2D eigenvalue weighted by atomic mass is 16.5. The molecule has 0 spiro atoms. The molecule has 23 heavy (non-hydrogen) atoms. The maximum atomic E-state index is 5.25. The fraction of sp³-hybridized carbons (Fsp3) is 0.263. The number of benzene rings is 2. The van der Waals surface area contributed by atoms with Gasteiger partial charge in [0.2, 0.25) is 0 Å². The van der Waals surface area contributed by atoms with E-state index in [4.69, 9.17) is 4.74 Å². The van der Waals surface area contributed by atoms with E-state index >= 15 is 0 Å². The number of hydrogen-bond donors (Lipinski definition) is 0. The van der Waals surface area contributed by atoms with E-state index in [1.807, 2.05) is 35.1 Å². The molecule has 2 aromatic carbocycles. The van der Waals surface area contributed by atoms with Gasteiger partial charge in [0.15, 0.2) is 0 Å². The van der Waals surface area contributed by atoms with Gasteiger partial charge in [0.05, 0.1) is 19.3 Å². The zero-order valence-corrected chi connectivity index (χ0v) is 13.6. The van der Waals surface area contributed by atoms with Gasteiger partial charge in [0.1, 0.15) is 5.75 Å². The maximum Gasteiger partial charge on any atom is 0.119 e. The molecule has 0 aliphatic heterocycles. The van der Waals surface area contributed by atoms with Crippen LogP contribution in [0.1, 0.15) is 22.4 Å². The van der Waals surface area contributed by atoms with Crippen LogP contribution in [0.15, 0.2) is 54.7 Å². The smallest absolute Gasteiger partial charge is 0.119 e. The van der Waals surface area contributed by atoms with E-state index in [0.717, 1.165) is 30.8 Å². The lowest BCUT2D eigenvalue weighted by Crippen LogP contribution is -1.99. The summed E-state index contributed by atoms with van der Waals surface area (Å²) in [5.74, 6) is 0.903. The van der Waals surface area contributed by atoms with Gasteiger partial charge in [-0.2, -0.15) is 0 Å². The third kappa shape index (κ3) is 3.97. The second-order valence-corrected chi connectivity index (χ2v) is 5.69. The minimum absolute atomic E-state index is 0.759. The molecule has 4 heteroatoms. The van der Waals surface area contributed by atoms with Crippen molar-refractivity contribution in [3.63, 3.8) is 0 Å². The lowest BCUT2D eigenvalue weighted by molar-refractivity contribution is 0.414. The van der Waals surface area contributed by atoms with Gasteiger partial charge < -0.3 is 4.74 Å². The summed E-state index contributed by atoms with van der Waals surface area (Å²) >= 11 is 0. The van der Waals surface area contributed by atoms with Crippen molar-refractivity contribution < 1.29 is 4.74 Å². The number of methoxy groups -OCH3 is 1. The molecular formula is C19H21N3O. The van der Waals surface area contributed by atoms with Crippen LogP contribution in [0.25, 0.3) is 0 Å². The van der Waals surface area contributed by atoms with E-state index in [-0.39, 0.29) is 0 Å². The fourth-order valence-electron chi connectivity index (χ4n) is 2.64. The number of aromatic nitrogens is 3. The predicted molar refractivity (Wildman–Crippen MR) is 90.7 cm³/mol. The normalized spacial score (nSPS) is 10.7. The zero-order chi connectivity index (χ0) is 16.1. The minimum atomic E-state index is 0.759.